The van der Waals surface area contributed by atoms with Gasteiger partial charge in [0.05, 0.1) is 17.8 Å². The van der Waals surface area contributed by atoms with Crippen molar-refractivity contribution in [2.75, 3.05) is 0 Å². The van der Waals surface area contributed by atoms with Gasteiger partial charge >= 0.3 is 17.9 Å². The molecule has 0 aromatic heterocycles. The molecule has 1 N–H and O–H groups in total. The molecule has 1 saturated heterocycles. The summed E-state index contributed by atoms with van der Waals surface area (Å²) in [4.78, 5) is 46.6. The quantitative estimate of drug-likeness (QED) is 0.429. The van der Waals surface area contributed by atoms with Gasteiger partial charge in [0.2, 0.25) is 0 Å². The standard InChI is InChI=1S/C13H12O6/c1-4(14)7-5-2-3-6(8(7)11(15)16)10-9(5)12(17)19-13(10)18/h2-3,5-10H,1H3,(H,15,16). The number of cyclic esters (lactones) is 2. The molecule has 0 radical (unpaired) electrons. The Morgan fingerprint density at radius 1 is 1.05 bits per heavy atom. The Hall–Kier alpha value is -1.98. The molecule has 0 amide bonds. The van der Waals surface area contributed by atoms with Crippen molar-refractivity contribution in [1.82, 2.24) is 0 Å². The SMILES string of the molecule is CC(=O)C1C2C=CC(C1C(=O)O)C1C(=O)OC(=O)C21. The zero-order valence-electron chi connectivity index (χ0n) is 10.1. The molecule has 0 spiro atoms. The maximum absolute atomic E-state index is 11.7. The Kier molecular flexibility index (Phi) is 2.39. The first-order chi connectivity index (χ1) is 8.93. The molecule has 0 aromatic carbocycles. The molecule has 1 saturated carbocycles. The number of hydrogen-bond acceptors (Lipinski definition) is 5. The van der Waals surface area contributed by atoms with Gasteiger partial charge in [0.15, 0.2) is 0 Å². The molecule has 1 heterocycles. The second kappa shape index (κ2) is 3.76. The molecular weight excluding hydrogens is 252 g/mol. The number of carbonyl (C=O) groups is 4. The van der Waals surface area contributed by atoms with Crippen LogP contribution < -0.4 is 0 Å². The van der Waals surface area contributed by atoms with E-state index < -0.39 is 53.4 Å². The van der Waals surface area contributed by atoms with Gasteiger partial charge in [-0.05, 0) is 6.92 Å². The van der Waals surface area contributed by atoms with Crippen molar-refractivity contribution < 1.29 is 29.0 Å². The highest BCUT2D eigenvalue weighted by atomic mass is 16.6. The van der Waals surface area contributed by atoms with Gasteiger partial charge in [-0.3, -0.25) is 19.2 Å². The summed E-state index contributed by atoms with van der Waals surface area (Å²) in [7, 11) is 0. The van der Waals surface area contributed by atoms with Crippen LogP contribution in [0.1, 0.15) is 6.92 Å². The molecule has 19 heavy (non-hydrogen) atoms. The van der Waals surface area contributed by atoms with E-state index >= 15 is 0 Å². The number of fused-ring (bicyclic) bond motifs is 1. The van der Waals surface area contributed by atoms with Gasteiger partial charge in [0, 0.05) is 17.8 Å². The van der Waals surface area contributed by atoms with Crippen LogP contribution in [-0.4, -0.2) is 28.8 Å². The number of carboxylic acids is 1. The number of ketones is 1. The highest BCUT2D eigenvalue weighted by Crippen LogP contribution is 2.54. The summed E-state index contributed by atoms with van der Waals surface area (Å²) in [5.74, 6) is -7.02. The Morgan fingerprint density at radius 3 is 1.95 bits per heavy atom. The summed E-state index contributed by atoms with van der Waals surface area (Å²) in [5, 5.41) is 9.33. The Morgan fingerprint density at radius 2 is 1.53 bits per heavy atom. The first kappa shape index (κ1) is 12.1. The van der Waals surface area contributed by atoms with E-state index in [2.05, 4.69) is 4.74 Å². The van der Waals surface area contributed by atoms with Crippen LogP contribution in [0.4, 0.5) is 0 Å². The van der Waals surface area contributed by atoms with E-state index in [9.17, 15) is 24.3 Å². The van der Waals surface area contributed by atoms with Crippen LogP contribution in [0, 0.1) is 35.5 Å². The van der Waals surface area contributed by atoms with E-state index in [1.54, 1.807) is 12.2 Å². The van der Waals surface area contributed by atoms with E-state index in [0.29, 0.717) is 0 Å². The summed E-state index contributed by atoms with van der Waals surface area (Å²) in [5.41, 5.74) is 0. The van der Waals surface area contributed by atoms with Crippen molar-refractivity contribution in [3.63, 3.8) is 0 Å². The van der Waals surface area contributed by atoms with Gasteiger partial charge in [-0.2, -0.15) is 0 Å². The van der Waals surface area contributed by atoms with Crippen LogP contribution in [-0.2, 0) is 23.9 Å². The molecule has 6 atom stereocenters. The third kappa shape index (κ3) is 1.42. The van der Waals surface area contributed by atoms with Gasteiger partial charge in [-0.25, -0.2) is 0 Å². The summed E-state index contributed by atoms with van der Waals surface area (Å²) in [6, 6.07) is 0. The fourth-order valence-electron chi connectivity index (χ4n) is 3.82. The molecular formula is C13H12O6. The number of Topliss-reactive ketones (excluding diaryl/α,β-unsaturated/α-hetero) is 1. The summed E-state index contributed by atoms with van der Waals surface area (Å²) in [6.07, 6.45) is 3.33. The maximum Gasteiger partial charge on any atom is 0.318 e. The third-order valence-electron chi connectivity index (χ3n) is 4.49. The summed E-state index contributed by atoms with van der Waals surface area (Å²) < 4.78 is 4.62. The number of esters is 2. The fraction of sp³-hybridized carbons (Fsp3) is 0.538. The van der Waals surface area contributed by atoms with Crippen molar-refractivity contribution in [1.29, 1.82) is 0 Å². The van der Waals surface area contributed by atoms with Crippen molar-refractivity contribution in [3.05, 3.63) is 12.2 Å². The summed E-state index contributed by atoms with van der Waals surface area (Å²) in [6.45, 7) is 1.33. The van der Waals surface area contributed by atoms with Crippen LogP contribution in [0.15, 0.2) is 12.2 Å². The molecule has 4 aliphatic rings. The van der Waals surface area contributed by atoms with Gasteiger partial charge in [-0.1, -0.05) is 12.2 Å². The molecule has 6 unspecified atom stereocenters. The lowest BCUT2D eigenvalue weighted by atomic mass is 9.53. The average Bonchev–Trinajstić information content (AvgIpc) is 2.66. The zero-order chi connectivity index (χ0) is 13.9. The van der Waals surface area contributed by atoms with Crippen molar-refractivity contribution in [2.45, 2.75) is 6.92 Å². The van der Waals surface area contributed by atoms with Gasteiger partial charge in [-0.15, -0.1) is 0 Å². The number of carbonyl (C=O) groups excluding carboxylic acids is 3. The monoisotopic (exact) mass is 264 g/mol. The molecule has 4 rings (SSSR count). The van der Waals surface area contributed by atoms with Crippen LogP contribution in [0.3, 0.4) is 0 Å². The minimum atomic E-state index is -1.11. The van der Waals surface area contributed by atoms with Gasteiger partial charge in [0.25, 0.3) is 0 Å². The van der Waals surface area contributed by atoms with E-state index in [1.807, 2.05) is 0 Å². The number of hydrogen-bond donors (Lipinski definition) is 1. The summed E-state index contributed by atoms with van der Waals surface area (Å²) >= 11 is 0. The maximum atomic E-state index is 11.7. The third-order valence-corrected chi connectivity index (χ3v) is 4.49. The average molecular weight is 264 g/mol. The van der Waals surface area contributed by atoms with Crippen molar-refractivity contribution >= 4 is 23.7 Å². The highest BCUT2D eigenvalue weighted by molar-refractivity contribution is 5.99. The molecule has 6 heteroatoms. The van der Waals surface area contributed by atoms with Crippen molar-refractivity contribution in [2.24, 2.45) is 35.5 Å². The van der Waals surface area contributed by atoms with E-state index in [0.717, 1.165) is 0 Å². The number of ether oxygens (including phenoxy) is 1. The molecule has 3 aliphatic carbocycles. The second-order valence-corrected chi connectivity index (χ2v) is 5.33. The smallest absolute Gasteiger partial charge is 0.318 e. The van der Waals surface area contributed by atoms with Crippen molar-refractivity contribution in [3.8, 4) is 0 Å². The predicted molar refractivity (Wildman–Crippen MR) is 59.5 cm³/mol. The number of rotatable bonds is 2. The molecule has 2 bridgehead atoms. The van der Waals surface area contributed by atoms with E-state index in [-0.39, 0.29) is 5.78 Å². The number of carboxylic acid groups (broad SMARTS) is 1. The Balaban J connectivity index is 2.11. The van der Waals surface area contributed by atoms with Crippen LogP contribution in [0.25, 0.3) is 0 Å². The molecule has 100 valence electrons. The first-order valence-electron chi connectivity index (χ1n) is 6.10. The lowest BCUT2D eigenvalue weighted by molar-refractivity contribution is -0.158. The van der Waals surface area contributed by atoms with Crippen LogP contribution >= 0.6 is 0 Å². The lowest BCUT2D eigenvalue weighted by Crippen LogP contribution is -2.54. The number of aliphatic carboxylic acids is 1. The molecule has 2 fully saturated rings. The van der Waals surface area contributed by atoms with Crippen LogP contribution in [0.2, 0.25) is 0 Å². The zero-order valence-corrected chi connectivity index (χ0v) is 10.1. The minimum Gasteiger partial charge on any atom is -0.481 e. The second-order valence-electron chi connectivity index (χ2n) is 5.33. The largest absolute Gasteiger partial charge is 0.481 e. The number of allylic oxidation sites excluding steroid dienone is 2. The van der Waals surface area contributed by atoms with E-state index in [1.165, 1.54) is 6.92 Å². The molecule has 1 aliphatic heterocycles. The Bertz CT molecular complexity index is 487. The molecule has 0 aromatic rings. The Labute approximate surface area is 108 Å². The van der Waals surface area contributed by atoms with Gasteiger partial charge in [0.1, 0.15) is 5.78 Å². The highest BCUT2D eigenvalue weighted by Gasteiger charge is 2.63. The van der Waals surface area contributed by atoms with Gasteiger partial charge < -0.3 is 9.84 Å². The van der Waals surface area contributed by atoms with E-state index in [4.69, 9.17) is 0 Å². The predicted octanol–water partition coefficient (Wildman–Crippen LogP) is 0.0240. The normalized spacial score (nSPS) is 43.0. The first-order valence-corrected chi connectivity index (χ1v) is 6.10. The fourth-order valence-corrected chi connectivity index (χ4v) is 3.82. The van der Waals surface area contributed by atoms with Crippen LogP contribution in [0.5, 0.6) is 0 Å². The lowest BCUT2D eigenvalue weighted by Gasteiger charge is -2.46. The minimum absolute atomic E-state index is 0.266. The molecule has 6 nitrogen and oxygen atoms in total. The topological polar surface area (TPSA) is 97.7 Å².